The predicted molar refractivity (Wildman–Crippen MR) is 73.8 cm³/mol. The molecule has 2 rings (SSSR count). The first kappa shape index (κ1) is 14.1. The van der Waals surface area contributed by atoms with Gasteiger partial charge in [0.2, 0.25) is 0 Å². The molecule has 2 N–H and O–H groups in total. The summed E-state index contributed by atoms with van der Waals surface area (Å²) >= 11 is 0. The summed E-state index contributed by atoms with van der Waals surface area (Å²) in [6, 6.07) is 7.00. The van der Waals surface area contributed by atoms with Crippen LogP contribution in [0.15, 0.2) is 36.9 Å². The van der Waals surface area contributed by atoms with E-state index in [0.717, 1.165) is 18.4 Å². The highest BCUT2D eigenvalue weighted by Gasteiger charge is 2.31. The van der Waals surface area contributed by atoms with Gasteiger partial charge in [-0.1, -0.05) is 24.8 Å². The van der Waals surface area contributed by atoms with Gasteiger partial charge in [-0.05, 0) is 36.5 Å². The summed E-state index contributed by atoms with van der Waals surface area (Å²) in [5.41, 5.74) is 1.39. The van der Waals surface area contributed by atoms with Gasteiger partial charge < -0.3 is 15.2 Å². The zero-order valence-electron chi connectivity index (χ0n) is 11.0. The van der Waals surface area contributed by atoms with Crippen molar-refractivity contribution in [3.63, 3.8) is 0 Å². The van der Waals surface area contributed by atoms with Gasteiger partial charge in [-0.25, -0.2) is 9.59 Å². The van der Waals surface area contributed by atoms with E-state index in [1.54, 1.807) is 12.1 Å². The van der Waals surface area contributed by atoms with Gasteiger partial charge in [0.05, 0.1) is 5.56 Å². The molecule has 0 aliphatic heterocycles. The third-order valence-corrected chi connectivity index (χ3v) is 3.42. The molecule has 0 radical (unpaired) electrons. The van der Waals surface area contributed by atoms with E-state index in [4.69, 9.17) is 9.84 Å². The molecule has 0 spiro atoms. The summed E-state index contributed by atoms with van der Waals surface area (Å²) in [4.78, 5) is 22.1. The van der Waals surface area contributed by atoms with E-state index in [2.05, 4.69) is 11.9 Å². The maximum absolute atomic E-state index is 11.3. The SMILES string of the molecule is C=CCOC(=O)NC1CC(c2ccc(C(=O)O)cc2)C1. The van der Waals surface area contributed by atoms with E-state index in [-0.39, 0.29) is 18.2 Å². The summed E-state index contributed by atoms with van der Waals surface area (Å²) in [6.07, 6.45) is 2.79. The molecule has 0 atom stereocenters. The molecule has 0 aromatic heterocycles. The minimum absolute atomic E-state index is 0.122. The average molecular weight is 275 g/mol. The van der Waals surface area contributed by atoms with Crippen LogP contribution in [0.1, 0.15) is 34.7 Å². The Morgan fingerprint density at radius 2 is 2.00 bits per heavy atom. The molecule has 1 aliphatic carbocycles. The molecule has 1 fully saturated rings. The van der Waals surface area contributed by atoms with Crippen LogP contribution < -0.4 is 5.32 Å². The van der Waals surface area contributed by atoms with Crippen LogP contribution in [0.3, 0.4) is 0 Å². The Balaban J connectivity index is 1.79. The van der Waals surface area contributed by atoms with Crippen LogP contribution in [0.2, 0.25) is 0 Å². The molecule has 5 nitrogen and oxygen atoms in total. The summed E-state index contributed by atoms with van der Waals surface area (Å²) in [6.45, 7) is 3.68. The molecule has 0 heterocycles. The lowest BCUT2D eigenvalue weighted by molar-refractivity contribution is 0.0696. The first-order chi connectivity index (χ1) is 9.60. The van der Waals surface area contributed by atoms with Gasteiger partial charge in [0.25, 0.3) is 0 Å². The number of aromatic carboxylic acids is 1. The molecular weight excluding hydrogens is 258 g/mol. The highest BCUT2D eigenvalue weighted by Crippen LogP contribution is 2.36. The normalized spacial score (nSPS) is 20.6. The number of nitrogens with one attached hydrogen (secondary N) is 1. The standard InChI is InChI=1S/C15H17NO4/c1-2-7-20-15(19)16-13-8-12(9-13)10-3-5-11(6-4-10)14(17)18/h2-6,12-13H,1,7-9H2,(H,16,19)(H,17,18). The molecule has 0 saturated heterocycles. The summed E-state index contributed by atoms with van der Waals surface area (Å²) in [5, 5.41) is 11.6. The first-order valence-electron chi connectivity index (χ1n) is 6.47. The maximum atomic E-state index is 11.3. The molecule has 1 aromatic rings. The van der Waals surface area contributed by atoms with Crippen molar-refractivity contribution in [2.45, 2.75) is 24.8 Å². The van der Waals surface area contributed by atoms with Crippen LogP contribution in [-0.2, 0) is 4.74 Å². The number of carbonyl (C=O) groups is 2. The van der Waals surface area contributed by atoms with E-state index < -0.39 is 12.1 Å². The highest BCUT2D eigenvalue weighted by molar-refractivity contribution is 5.87. The van der Waals surface area contributed by atoms with E-state index in [9.17, 15) is 9.59 Å². The summed E-state index contributed by atoms with van der Waals surface area (Å²) in [7, 11) is 0. The van der Waals surface area contributed by atoms with Crippen molar-refractivity contribution >= 4 is 12.1 Å². The number of ether oxygens (including phenoxy) is 1. The molecule has 1 amide bonds. The molecule has 1 saturated carbocycles. The number of hydrogen-bond acceptors (Lipinski definition) is 3. The molecule has 1 aliphatic rings. The summed E-state index contributed by atoms with van der Waals surface area (Å²) < 4.78 is 4.85. The Morgan fingerprint density at radius 1 is 1.35 bits per heavy atom. The Bertz CT molecular complexity index is 503. The van der Waals surface area contributed by atoms with Gasteiger partial charge in [-0.15, -0.1) is 0 Å². The minimum Gasteiger partial charge on any atom is -0.478 e. The lowest BCUT2D eigenvalue weighted by Crippen LogP contribution is -2.43. The van der Waals surface area contributed by atoms with E-state index in [1.807, 2.05) is 12.1 Å². The maximum Gasteiger partial charge on any atom is 0.407 e. The monoisotopic (exact) mass is 275 g/mol. The fourth-order valence-electron chi connectivity index (χ4n) is 2.25. The van der Waals surface area contributed by atoms with E-state index in [1.165, 1.54) is 6.08 Å². The fourth-order valence-corrected chi connectivity index (χ4v) is 2.25. The van der Waals surface area contributed by atoms with Crippen molar-refractivity contribution in [2.75, 3.05) is 6.61 Å². The van der Waals surface area contributed by atoms with Crippen molar-refractivity contribution in [1.29, 1.82) is 0 Å². The third kappa shape index (κ3) is 3.38. The van der Waals surface area contributed by atoms with Gasteiger partial charge >= 0.3 is 12.1 Å². The van der Waals surface area contributed by atoms with Crippen LogP contribution in [0, 0.1) is 0 Å². The first-order valence-corrected chi connectivity index (χ1v) is 6.47. The zero-order chi connectivity index (χ0) is 14.5. The number of carboxylic acid groups (broad SMARTS) is 1. The van der Waals surface area contributed by atoms with Crippen LogP contribution in [-0.4, -0.2) is 29.8 Å². The van der Waals surface area contributed by atoms with Crippen molar-refractivity contribution in [3.8, 4) is 0 Å². The number of carbonyl (C=O) groups excluding carboxylic acids is 1. The summed E-state index contributed by atoms with van der Waals surface area (Å²) in [5.74, 6) is -0.558. The third-order valence-electron chi connectivity index (χ3n) is 3.42. The van der Waals surface area contributed by atoms with E-state index >= 15 is 0 Å². The van der Waals surface area contributed by atoms with E-state index in [0.29, 0.717) is 5.92 Å². The van der Waals surface area contributed by atoms with Gasteiger partial charge in [0.1, 0.15) is 6.61 Å². The smallest absolute Gasteiger partial charge is 0.407 e. The number of amides is 1. The number of alkyl carbamates (subject to hydrolysis) is 1. The molecule has 1 aromatic carbocycles. The number of rotatable bonds is 5. The minimum atomic E-state index is -0.922. The van der Waals surface area contributed by atoms with Crippen molar-refractivity contribution in [1.82, 2.24) is 5.32 Å². The molecule has 0 unspecified atom stereocenters. The van der Waals surface area contributed by atoms with Gasteiger partial charge in [0, 0.05) is 6.04 Å². The Kier molecular flexibility index (Phi) is 4.40. The second-order valence-electron chi connectivity index (χ2n) is 4.82. The number of benzene rings is 1. The average Bonchev–Trinajstić information content (AvgIpc) is 2.40. The Hall–Kier alpha value is -2.30. The topological polar surface area (TPSA) is 75.6 Å². The second-order valence-corrected chi connectivity index (χ2v) is 4.82. The molecular formula is C15H17NO4. The van der Waals surface area contributed by atoms with Crippen LogP contribution in [0.5, 0.6) is 0 Å². The quantitative estimate of drug-likeness (QED) is 0.810. The lowest BCUT2D eigenvalue weighted by atomic mass is 9.76. The Morgan fingerprint density at radius 3 is 2.55 bits per heavy atom. The lowest BCUT2D eigenvalue weighted by Gasteiger charge is -2.35. The largest absolute Gasteiger partial charge is 0.478 e. The molecule has 0 bridgehead atoms. The van der Waals surface area contributed by atoms with Crippen LogP contribution >= 0.6 is 0 Å². The highest BCUT2D eigenvalue weighted by atomic mass is 16.5. The molecule has 106 valence electrons. The van der Waals surface area contributed by atoms with Crippen LogP contribution in [0.25, 0.3) is 0 Å². The van der Waals surface area contributed by atoms with Crippen molar-refractivity contribution in [3.05, 3.63) is 48.0 Å². The Labute approximate surface area is 117 Å². The number of carboxylic acids is 1. The molecule has 5 heteroatoms. The number of hydrogen-bond donors (Lipinski definition) is 2. The van der Waals surface area contributed by atoms with Crippen molar-refractivity contribution < 1.29 is 19.4 Å². The zero-order valence-corrected chi connectivity index (χ0v) is 11.0. The predicted octanol–water partition coefficient (Wildman–Crippen LogP) is 2.54. The van der Waals surface area contributed by atoms with Crippen molar-refractivity contribution in [2.24, 2.45) is 0 Å². The second kappa shape index (κ2) is 6.23. The van der Waals surface area contributed by atoms with Crippen LogP contribution in [0.4, 0.5) is 4.79 Å². The fraction of sp³-hybridized carbons (Fsp3) is 0.333. The van der Waals surface area contributed by atoms with Gasteiger partial charge in [-0.3, -0.25) is 0 Å². The van der Waals surface area contributed by atoms with Gasteiger partial charge in [0.15, 0.2) is 0 Å². The molecule has 20 heavy (non-hydrogen) atoms. The van der Waals surface area contributed by atoms with Gasteiger partial charge in [-0.2, -0.15) is 0 Å².